The van der Waals surface area contributed by atoms with Crippen LogP contribution < -0.4 is 10.9 Å². The molecule has 1 aliphatic heterocycles. The molecule has 2 aromatic carbocycles. The smallest absolute Gasteiger partial charge is 0.295 e. The highest BCUT2D eigenvalue weighted by Crippen LogP contribution is 2.30. The Morgan fingerprint density at radius 3 is 2.87 bits per heavy atom. The van der Waals surface area contributed by atoms with Gasteiger partial charge >= 0.3 is 0 Å². The predicted octanol–water partition coefficient (Wildman–Crippen LogP) is 2.72. The zero-order valence-corrected chi connectivity index (χ0v) is 16.2. The number of amides is 2. The molecule has 0 saturated carbocycles. The second kappa shape index (κ2) is 8.34. The number of aromatic nitrogens is 2. The van der Waals surface area contributed by atoms with Crippen LogP contribution in [0.5, 0.6) is 0 Å². The largest absolute Gasteiger partial charge is 0.383 e. The van der Waals surface area contributed by atoms with Gasteiger partial charge in [0.1, 0.15) is 6.04 Å². The maximum absolute atomic E-state index is 12.7. The summed E-state index contributed by atoms with van der Waals surface area (Å²) in [5.41, 5.74) is 1.95. The fraction of sp³-hybridized carbons (Fsp3) is 0.238. The minimum Gasteiger partial charge on any atom is -0.383 e. The average molecular weight is 405 g/mol. The lowest BCUT2D eigenvalue weighted by molar-refractivity contribution is -0.116. The van der Waals surface area contributed by atoms with Crippen LogP contribution >= 0.6 is 0 Å². The van der Waals surface area contributed by atoms with Gasteiger partial charge in [0.25, 0.3) is 11.5 Å². The SMILES string of the molecule is COCCn1cnc2ccc(NC(=O)CC3N=NC(=O)c4ccccc43)cc2c1=O. The van der Waals surface area contributed by atoms with E-state index >= 15 is 0 Å². The Labute approximate surface area is 171 Å². The van der Waals surface area contributed by atoms with Gasteiger partial charge in [0, 0.05) is 18.4 Å². The minimum absolute atomic E-state index is 0.0247. The molecule has 3 aromatic rings. The van der Waals surface area contributed by atoms with Gasteiger partial charge in [-0.05, 0) is 29.8 Å². The molecule has 152 valence electrons. The molecule has 1 aromatic heterocycles. The molecule has 1 atom stereocenters. The van der Waals surface area contributed by atoms with Crippen LogP contribution in [0.2, 0.25) is 0 Å². The van der Waals surface area contributed by atoms with Crippen LogP contribution in [-0.4, -0.2) is 35.1 Å². The molecule has 0 aliphatic carbocycles. The maximum atomic E-state index is 12.7. The third-order valence-corrected chi connectivity index (χ3v) is 4.86. The summed E-state index contributed by atoms with van der Waals surface area (Å²) in [5.74, 6) is -0.708. The Morgan fingerprint density at radius 1 is 1.20 bits per heavy atom. The van der Waals surface area contributed by atoms with Crippen molar-refractivity contribution in [2.24, 2.45) is 10.2 Å². The van der Waals surface area contributed by atoms with Crippen molar-refractivity contribution in [3.05, 3.63) is 70.3 Å². The first-order chi connectivity index (χ1) is 14.6. The molecule has 9 nitrogen and oxygen atoms in total. The number of carbonyl (C=O) groups excluding carboxylic acids is 2. The van der Waals surface area contributed by atoms with Crippen molar-refractivity contribution >= 4 is 28.4 Å². The number of nitrogens with one attached hydrogen (secondary N) is 1. The highest BCUT2D eigenvalue weighted by Gasteiger charge is 2.25. The Morgan fingerprint density at radius 2 is 2.03 bits per heavy atom. The van der Waals surface area contributed by atoms with Crippen molar-refractivity contribution < 1.29 is 14.3 Å². The molecule has 2 amide bonds. The Kier molecular flexibility index (Phi) is 5.44. The summed E-state index contributed by atoms with van der Waals surface area (Å²) in [6, 6.07) is 11.4. The molecule has 0 bridgehead atoms. The normalized spacial score (nSPS) is 15.2. The Hall–Kier alpha value is -3.72. The zero-order valence-electron chi connectivity index (χ0n) is 16.2. The second-order valence-corrected chi connectivity index (χ2v) is 6.84. The molecule has 2 heterocycles. The standard InChI is InChI=1S/C21H19N5O4/c1-30-9-8-26-12-22-17-7-6-13(10-16(17)21(26)29)23-19(27)11-18-14-4-2-3-5-15(14)20(28)25-24-18/h2-7,10,12,18H,8-9,11H2,1H3,(H,23,27). The third kappa shape index (κ3) is 3.87. The average Bonchev–Trinajstić information content (AvgIpc) is 2.76. The highest BCUT2D eigenvalue weighted by molar-refractivity contribution is 5.98. The van der Waals surface area contributed by atoms with Gasteiger partial charge in [-0.2, -0.15) is 5.11 Å². The minimum atomic E-state index is -0.535. The number of rotatable bonds is 6. The van der Waals surface area contributed by atoms with Gasteiger partial charge in [0.15, 0.2) is 0 Å². The van der Waals surface area contributed by atoms with Crippen LogP contribution in [-0.2, 0) is 16.1 Å². The summed E-state index contributed by atoms with van der Waals surface area (Å²) < 4.78 is 6.48. The van der Waals surface area contributed by atoms with Crippen molar-refractivity contribution in [3.8, 4) is 0 Å². The van der Waals surface area contributed by atoms with E-state index in [-0.39, 0.29) is 17.9 Å². The van der Waals surface area contributed by atoms with Crippen LogP contribution in [0.4, 0.5) is 5.69 Å². The molecule has 30 heavy (non-hydrogen) atoms. The summed E-state index contributed by atoms with van der Waals surface area (Å²) in [4.78, 5) is 41.4. The van der Waals surface area contributed by atoms with E-state index in [0.717, 1.165) is 0 Å². The summed E-state index contributed by atoms with van der Waals surface area (Å²) in [7, 11) is 1.56. The molecule has 0 fully saturated rings. The number of nitrogens with zero attached hydrogens (tertiary/aromatic N) is 4. The summed E-state index contributed by atoms with van der Waals surface area (Å²) in [5, 5.41) is 10.8. The number of methoxy groups -OCH3 is 1. The highest BCUT2D eigenvalue weighted by atomic mass is 16.5. The van der Waals surface area contributed by atoms with E-state index in [1.165, 1.54) is 10.9 Å². The van der Waals surface area contributed by atoms with Crippen LogP contribution in [0.3, 0.4) is 0 Å². The van der Waals surface area contributed by atoms with Gasteiger partial charge in [0.05, 0.1) is 36.8 Å². The Balaban J connectivity index is 1.53. The van der Waals surface area contributed by atoms with Crippen molar-refractivity contribution in [3.63, 3.8) is 0 Å². The predicted molar refractivity (Wildman–Crippen MR) is 109 cm³/mol. The van der Waals surface area contributed by atoms with E-state index in [2.05, 4.69) is 20.5 Å². The topological polar surface area (TPSA) is 115 Å². The molecule has 0 saturated heterocycles. The number of ether oxygens (including phenoxy) is 1. The molecule has 1 aliphatic rings. The van der Waals surface area contributed by atoms with E-state index in [1.54, 1.807) is 49.6 Å². The van der Waals surface area contributed by atoms with E-state index in [9.17, 15) is 14.4 Å². The molecule has 0 radical (unpaired) electrons. The number of hydrogen-bond donors (Lipinski definition) is 1. The molecular formula is C21H19N5O4. The number of carbonyl (C=O) groups is 2. The zero-order chi connectivity index (χ0) is 21.1. The lowest BCUT2D eigenvalue weighted by Crippen LogP contribution is -2.23. The molecule has 0 spiro atoms. The molecule has 1 unspecified atom stereocenters. The first kappa shape index (κ1) is 19.6. The van der Waals surface area contributed by atoms with E-state index < -0.39 is 11.9 Å². The monoisotopic (exact) mass is 405 g/mol. The van der Waals surface area contributed by atoms with Gasteiger partial charge in [-0.3, -0.25) is 19.0 Å². The lowest BCUT2D eigenvalue weighted by atomic mass is 9.97. The first-order valence-corrected chi connectivity index (χ1v) is 9.39. The first-order valence-electron chi connectivity index (χ1n) is 9.39. The van der Waals surface area contributed by atoms with E-state index in [1.807, 2.05) is 0 Å². The molecular weight excluding hydrogens is 386 g/mol. The van der Waals surface area contributed by atoms with Gasteiger partial charge in [0.2, 0.25) is 5.91 Å². The van der Waals surface area contributed by atoms with Crippen LogP contribution in [0.15, 0.2) is 63.8 Å². The lowest BCUT2D eigenvalue weighted by Gasteiger charge is -2.17. The number of azo groups is 1. The number of benzene rings is 2. The number of fused-ring (bicyclic) bond motifs is 2. The molecule has 9 heteroatoms. The van der Waals surface area contributed by atoms with Crippen LogP contribution in [0.1, 0.15) is 28.4 Å². The maximum Gasteiger partial charge on any atom is 0.295 e. The number of hydrogen-bond acceptors (Lipinski definition) is 6. The quantitative estimate of drug-likeness (QED) is 0.677. The fourth-order valence-electron chi connectivity index (χ4n) is 3.34. The third-order valence-electron chi connectivity index (χ3n) is 4.86. The summed E-state index contributed by atoms with van der Waals surface area (Å²) >= 11 is 0. The van der Waals surface area contributed by atoms with Gasteiger partial charge in [-0.25, -0.2) is 4.98 Å². The molecule has 1 N–H and O–H groups in total. The van der Waals surface area contributed by atoms with Crippen molar-refractivity contribution in [1.82, 2.24) is 9.55 Å². The van der Waals surface area contributed by atoms with E-state index in [0.29, 0.717) is 40.9 Å². The summed E-state index contributed by atoms with van der Waals surface area (Å²) in [6.07, 6.45) is 1.51. The second-order valence-electron chi connectivity index (χ2n) is 6.84. The van der Waals surface area contributed by atoms with Gasteiger partial charge < -0.3 is 10.1 Å². The van der Waals surface area contributed by atoms with Crippen LogP contribution in [0.25, 0.3) is 10.9 Å². The fourth-order valence-corrected chi connectivity index (χ4v) is 3.34. The van der Waals surface area contributed by atoms with Gasteiger partial charge in [-0.1, -0.05) is 18.2 Å². The Bertz CT molecular complexity index is 1220. The van der Waals surface area contributed by atoms with Gasteiger partial charge in [-0.15, -0.1) is 5.11 Å². The van der Waals surface area contributed by atoms with E-state index in [4.69, 9.17) is 4.74 Å². The summed E-state index contributed by atoms with van der Waals surface area (Å²) in [6.45, 7) is 0.781. The number of anilines is 1. The molecule has 4 rings (SSSR count). The van der Waals surface area contributed by atoms with Crippen molar-refractivity contribution in [2.75, 3.05) is 19.0 Å². The van der Waals surface area contributed by atoms with Crippen molar-refractivity contribution in [1.29, 1.82) is 0 Å². The van der Waals surface area contributed by atoms with Crippen molar-refractivity contribution in [2.45, 2.75) is 19.0 Å². The van der Waals surface area contributed by atoms with Crippen LogP contribution in [0, 0.1) is 0 Å².